The number of nitrogens with zero attached hydrogens (tertiary/aromatic N) is 2. The molecule has 0 aliphatic carbocycles. The molecule has 2 nitrogen and oxygen atoms in total. The topological polar surface area (TPSA) is 36.7 Å². The van der Waals surface area contributed by atoms with Crippen molar-refractivity contribution in [1.82, 2.24) is 4.98 Å². The van der Waals surface area contributed by atoms with Crippen LogP contribution in [0.4, 0.5) is 4.39 Å². The molecular weight excluding hydrogens is 331 g/mol. The fraction of sp³-hybridized carbons (Fsp3) is 0. The molecule has 112 valence electrons. The summed E-state index contributed by atoms with van der Waals surface area (Å²) in [5.41, 5.74) is 2.90. The summed E-state index contributed by atoms with van der Waals surface area (Å²) in [6.45, 7) is 0. The van der Waals surface area contributed by atoms with Crippen LogP contribution in [0.15, 0.2) is 53.9 Å². The smallest absolute Gasteiger partial charge is 0.134 e. The van der Waals surface area contributed by atoms with E-state index in [-0.39, 0.29) is 5.82 Å². The molecular formula is C18H10ClFN2S. The van der Waals surface area contributed by atoms with Crippen molar-refractivity contribution < 1.29 is 4.39 Å². The Bertz CT molecular complexity index is 890. The van der Waals surface area contributed by atoms with Gasteiger partial charge in [-0.05, 0) is 48.0 Å². The molecule has 0 aliphatic heterocycles. The van der Waals surface area contributed by atoms with Gasteiger partial charge < -0.3 is 0 Å². The van der Waals surface area contributed by atoms with Crippen LogP contribution in [0.3, 0.4) is 0 Å². The van der Waals surface area contributed by atoms with Crippen molar-refractivity contribution >= 4 is 34.6 Å². The Morgan fingerprint density at radius 3 is 2.48 bits per heavy atom. The minimum atomic E-state index is -0.287. The monoisotopic (exact) mass is 340 g/mol. The highest BCUT2D eigenvalue weighted by Crippen LogP contribution is 2.27. The molecule has 0 amide bonds. The molecule has 0 unspecified atom stereocenters. The van der Waals surface area contributed by atoms with E-state index in [1.165, 1.54) is 23.5 Å². The fourth-order valence-electron chi connectivity index (χ4n) is 2.02. The van der Waals surface area contributed by atoms with Crippen molar-refractivity contribution in [2.75, 3.05) is 0 Å². The van der Waals surface area contributed by atoms with Gasteiger partial charge in [-0.3, -0.25) is 0 Å². The molecule has 0 radical (unpaired) electrons. The quantitative estimate of drug-likeness (QED) is 0.576. The maximum absolute atomic E-state index is 13.0. The summed E-state index contributed by atoms with van der Waals surface area (Å²) >= 11 is 7.24. The van der Waals surface area contributed by atoms with E-state index < -0.39 is 0 Å². The molecule has 0 atom stereocenters. The van der Waals surface area contributed by atoms with Gasteiger partial charge in [-0.25, -0.2) is 9.37 Å². The van der Waals surface area contributed by atoms with Crippen LogP contribution in [0.5, 0.6) is 0 Å². The predicted molar refractivity (Wildman–Crippen MR) is 92.4 cm³/mol. The SMILES string of the molecule is N#C/C(=C/c1ccc(Cl)cc1)c1nc(-c2ccc(F)cc2)cs1. The lowest BCUT2D eigenvalue weighted by atomic mass is 10.1. The van der Waals surface area contributed by atoms with Gasteiger partial charge >= 0.3 is 0 Å². The van der Waals surface area contributed by atoms with E-state index >= 15 is 0 Å². The fourth-order valence-corrected chi connectivity index (χ4v) is 2.94. The third-order valence-corrected chi connectivity index (χ3v) is 4.30. The predicted octanol–water partition coefficient (Wildman–Crippen LogP) is 5.67. The van der Waals surface area contributed by atoms with Crippen LogP contribution in [-0.2, 0) is 0 Å². The van der Waals surface area contributed by atoms with Crippen LogP contribution >= 0.6 is 22.9 Å². The third kappa shape index (κ3) is 3.65. The number of hydrogen-bond acceptors (Lipinski definition) is 3. The highest BCUT2D eigenvalue weighted by Gasteiger charge is 2.09. The molecule has 3 rings (SSSR count). The van der Waals surface area contributed by atoms with Crippen molar-refractivity contribution in [1.29, 1.82) is 5.26 Å². The Morgan fingerprint density at radius 2 is 1.83 bits per heavy atom. The first-order chi connectivity index (χ1) is 11.2. The lowest BCUT2D eigenvalue weighted by Gasteiger charge is -1.97. The number of aromatic nitrogens is 1. The second-order valence-electron chi connectivity index (χ2n) is 4.77. The molecule has 23 heavy (non-hydrogen) atoms. The number of thiazole rings is 1. The molecule has 3 aromatic rings. The van der Waals surface area contributed by atoms with E-state index in [0.717, 1.165) is 16.8 Å². The molecule has 0 aliphatic rings. The Kier molecular flexibility index (Phi) is 4.52. The van der Waals surface area contributed by atoms with Crippen LogP contribution in [0.2, 0.25) is 5.02 Å². The van der Waals surface area contributed by atoms with Gasteiger partial charge in [0.05, 0.1) is 11.3 Å². The second-order valence-corrected chi connectivity index (χ2v) is 6.06. The van der Waals surface area contributed by atoms with E-state index in [0.29, 0.717) is 15.6 Å². The van der Waals surface area contributed by atoms with E-state index in [1.807, 2.05) is 17.5 Å². The summed E-state index contributed by atoms with van der Waals surface area (Å²) in [6.07, 6.45) is 1.77. The first-order valence-corrected chi connectivity index (χ1v) is 8.00. The van der Waals surface area contributed by atoms with Gasteiger partial charge in [0.15, 0.2) is 0 Å². The molecule has 0 N–H and O–H groups in total. The zero-order chi connectivity index (χ0) is 16.2. The molecule has 2 aromatic carbocycles. The average Bonchev–Trinajstić information content (AvgIpc) is 3.05. The van der Waals surface area contributed by atoms with Crippen molar-refractivity contribution in [2.45, 2.75) is 0 Å². The highest BCUT2D eigenvalue weighted by atomic mass is 35.5. The summed E-state index contributed by atoms with van der Waals surface area (Å²) in [4.78, 5) is 4.47. The van der Waals surface area contributed by atoms with E-state index in [2.05, 4.69) is 11.1 Å². The van der Waals surface area contributed by atoms with Crippen LogP contribution in [0.1, 0.15) is 10.6 Å². The van der Waals surface area contributed by atoms with E-state index in [9.17, 15) is 9.65 Å². The van der Waals surface area contributed by atoms with Gasteiger partial charge in [0, 0.05) is 16.0 Å². The van der Waals surface area contributed by atoms with Gasteiger partial charge in [-0.15, -0.1) is 11.3 Å². The number of nitriles is 1. The number of allylic oxidation sites excluding steroid dienone is 1. The number of halogens is 2. The molecule has 0 bridgehead atoms. The normalized spacial score (nSPS) is 11.3. The third-order valence-electron chi connectivity index (χ3n) is 3.18. The van der Waals surface area contributed by atoms with Crippen LogP contribution in [-0.4, -0.2) is 4.98 Å². The van der Waals surface area contributed by atoms with Gasteiger partial charge in [0.1, 0.15) is 16.9 Å². The van der Waals surface area contributed by atoms with Gasteiger partial charge in [0.2, 0.25) is 0 Å². The second kappa shape index (κ2) is 6.74. The Labute approximate surface area is 142 Å². The van der Waals surface area contributed by atoms with Crippen LogP contribution in [0.25, 0.3) is 22.9 Å². The van der Waals surface area contributed by atoms with Crippen LogP contribution < -0.4 is 0 Å². The summed E-state index contributed by atoms with van der Waals surface area (Å²) in [7, 11) is 0. The largest absolute Gasteiger partial charge is 0.235 e. The number of hydrogen-bond donors (Lipinski definition) is 0. The average molecular weight is 341 g/mol. The highest BCUT2D eigenvalue weighted by molar-refractivity contribution is 7.11. The standard InChI is InChI=1S/C18H10ClFN2S/c19-15-5-1-12(2-6-15)9-14(10-21)18-22-17(11-23-18)13-3-7-16(20)8-4-13/h1-9,11H/b14-9-. The lowest BCUT2D eigenvalue weighted by Crippen LogP contribution is -1.83. The van der Waals surface area contributed by atoms with Crippen molar-refractivity contribution in [3.63, 3.8) is 0 Å². The summed E-state index contributed by atoms with van der Waals surface area (Å²) in [6, 6.07) is 15.5. The zero-order valence-corrected chi connectivity index (χ0v) is 13.4. The minimum Gasteiger partial charge on any atom is -0.235 e. The number of benzene rings is 2. The summed E-state index contributed by atoms with van der Waals surface area (Å²) in [5, 5.41) is 12.5. The van der Waals surface area contributed by atoms with E-state index in [4.69, 9.17) is 11.6 Å². The summed E-state index contributed by atoms with van der Waals surface area (Å²) < 4.78 is 13.0. The van der Waals surface area contributed by atoms with Crippen molar-refractivity contribution in [3.8, 4) is 17.3 Å². The maximum atomic E-state index is 13.0. The van der Waals surface area contributed by atoms with Crippen LogP contribution in [0, 0.1) is 17.1 Å². The molecule has 5 heteroatoms. The van der Waals surface area contributed by atoms with Gasteiger partial charge in [-0.1, -0.05) is 23.7 Å². The first kappa shape index (κ1) is 15.4. The molecule has 1 heterocycles. The Hall–Kier alpha value is -2.48. The van der Waals surface area contributed by atoms with Gasteiger partial charge in [0.25, 0.3) is 0 Å². The lowest BCUT2D eigenvalue weighted by molar-refractivity contribution is 0.628. The molecule has 0 saturated carbocycles. The van der Waals surface area contributed by atoms with Crippen molar-refractivity contribution in [3.05, 3.63) is 75.3 Å². The Morgan fingerprint density at radius 1 is 1.13 bits per heavy atom. The minimum absolute atomic E-state index is 0.287. The molecule has 0 fully saturated rings. The first-order valence-electron chi connectivity index (χ1n) is 6.75. The van der Waals surface area contributed by atoms with E-state index in [1.54, 1.807) is 30.3 Å². The molecule has 0 spiro atoms. The molecule has 0 saturated heterocycles. The van der Waals surface area contributed by atoms with Gasteiger partial charge in [-0.2, -0.15) is 5.26 Å². The molecule has 1 aromatic heterocycles. The number of rotatable bonds is 3. The summed E-state index contributed by atoms with van der Waals surface area (Å²) in [5.74, 6) is -0.287. The Balaban J connectivity index is 1.92. The maximum Gasteiger partial charge on any atom is 0.134 e. The zero-order valence-electron chi connectivity index (χ0n) is 11.8. The van der Waals surface area contributed by atoms with Crippen molar-refractivity contribution in [2.24, 2.45) is 0 Å².